The molecule has 2 heteroatoms. The van der Waals surface area contributed by atoms with Crippen LogP contribution in [0.15, 0.2) is 231 Å². The minimum Gasteiger partial charge on any atom is -0.310 e. The fourth-order valence-corrected chi connectivity index (χ4v) is 8.83. The highest BCUT2D eigenvalue weighted by Gasteiger charge is 2.18. The van der Waals surface area contributed by atoms with Crippen LogP contribution in [0.2, 0.25) is 0 Å². The number of benzene rings is 10. The van der Waals surface area contributed by atoms with Crippen LogP contribution >= 0.6 is 0 Å². The maximum atomic E-state index is 2.40. The number of anilines is 3. The quantitative estimate of drug-likeness (QED) is 0.158. The van der Waals surface area contributed by atoms with Crippen molar-refractivity contribution in [2.24, 2.45) is 0 Å². The Labute approximate surface area is 338 Å². The molecule has 58 heavy (non-hydrogen) atoms. The molecule has 11 aromatic rings. The molecule has 0 aliphatic carbocycles. The van der Waals surface area contributed by atoms with Gasteiger partial charge in [-0.15, -0.1) is 0 Å². The summed E-state index contributed by atoms with van der Waals surface area (Å²) in [6, 6.07) is 83.7. The van der Waals surface area contributed by atoms with Gasteiger partial charge in [-0.2, -0.15) is 0 Å². The summed E-state index contributed by atoms with van der Waals surface area (Å²) in [7, 11) is 0. The van der Waals surface area contributed by atoms with E-state index >= 15 is 0 Å². The van der Waals surface area contributed by atoms with Crippen LogP contribution in [0.1, 0.15) is 0 Å². The highest BCUT2D eigenvalue weighted by molar-refractivity contribution is 6.14. The van der Waals surface area contributed by atoms with Crippen molar-refractivity contribution in [3.8, 4) is 39.1 Å². The first-order valence-electron chi connectivity index (χ1n) is 19.9. The normalized spacial score (nSPS) is 11.4. The van der Waals surface area contributed by atoms with Gasteiger partial charge < -0.3 is 9.47 Å². The molecule has 0 amide bonds. The second kappa shape index (κ2) is 14.1. The first kappa shape index (κ1) is 33.6. The summed E-state index contributed by atoms with van der Waals surface area (Å²) >= 11 is 0. The summed E-state index contributed by atoms with van der Waals surface area (Å²) in [5.41, 5.74) is 14.1. The van der Waals surface area contributed by atoms with Crippen LogP contribution in [0.25, 0.3) is 82.4 Å². The van der Waals surface area contributed by atoms with Gasteiger partial charge in [-0.1, -0.05) is 164 Å². The standard InChI is InChI=1S/C56H38N2/c1-4-15-39(16-5-1)43-21-12-24-48(35-43)57(47-32-29-41(30-33-47)51-27-14-20-42-19-13-26-50(56(42)51)40-17-6-2-7-18-40)49-34-31-44-37-53-52-25-10-11-28-54(52)58(46-22-8-3-9-23-46)55(53)38-45(44)36-49/h1-38H. The van der Waals surface area contributed by atoms with Crippen molar-refractivity contribution in [3.05, 3.63) is 231 Å². The predicted octanol–water partition coefficient (Wildman–Crippen LogP) is 15.6. The van der Waals surface area contributed by atoms with Crippen LogP contribution in [0.5, 0.6) is 0 Å². The lowest BCUT2D eigenvalue weighted by Crippen LogP contribution is -2.10. The third kappa shape index (κ3) is 5.82. The smallest absolute Gasteiger partial charge is 0.0547 e. The third-order valence-corrected chi connectivity index (χ3v) is 11.5. The average molecular weight is 739 g/mol. The van der Waals surface area contributed by atoms with Gasteiger partial charge in [-0.25, -0.2) is 0 Å². The minimum atomic E-state index is 1.09. The molecule has 1 aromatic heterocycles. The molecule has 0 N–H and O–H groups in total. The molecule has 0 saturated heterocycles. The third-order valence-electron chi connectivity index (χ3n) is 11.5. The summed E-state index contributed by atoms with van der Waals surface area (Å²) in [6.45, 7) is 0. The van der Waals surface area contributed by atoms with E-state index in [1.165, 1.54) is 76.7 Å². The van der Waals surface area contributed by atoms with Crippen molar-refractivity contribution in [2.75, 3.05) is 4.90 Å². The first-order chi connectivity index (χ1) is 28.8. The van der Waals surface area contributed by atoms with Crippen LogP contribution in [0.3, 0.4) is 0 Å². The molecule has 2 nitrogen and oxygen atoms in total. The molecule has 11 rings (SSSR count). The van der Waals surface area contributed by atoms with E-state index in [-0.39, 0.29) is 0 Å². The molecule has 272 valence electrons. The zero-order valence-electron chi connectivity index (χ0n) is 31.8. The van der Waals surface area contributed by atoms with Crippen molar-refractivity contribution < 1.29 is 0 Å². The number of fused-ring (bicyclic) bond motifs is 5. The Hall–Kier alpha value is -7.68. The molecule has 0 atom stereocenters. The van der Waals surface area contributed by atoms with Crippen molar-refractivity contribution in [1.82, 2.24) is 4.57 Å². The number of aromatic nitrogens is 1. The fraction of sp³-hybridized carbons (Fsp3) is 0. The second-order valence-corrected chi connectivity index (χ2v) is 15.0. The lowest BCUT2D eigenvalue weighted by Gasteiger charge is -2.27. The van der Waals surface area contributed by atoms with E-state index in [2.05, 4.69) is 240 Å². The molecule has 0 unspecified atom stereocenters. The van der Waals surface area contributed by atoms with Crippen LogP contribution in [-0.2, 0) is 0 Å². The molecule has 0 aliphatic heterocycles. The topological polar surface area (TPSA) is 8.17 Å². The largest absolute Gasteiger partial charge is 0.310 e. The lowest BCUT2D eigenvalue weighted by molar-refractivity contribution is 1.18. The molecular weight excluding hydrogens is 701 g/mol. The van der Waals surface area contributed by atoms with E-state index in [4.69, 9.17) is 0 Å². The summed E-state index contributed by atoms with van der Waals surface area (Å²) in [6.07, 6.45) is 0. The van der Waals surface area contributed by atoms with Crippen LogP contribution in [0.4, 0.5) is 17.1 Å². The van der Waals surface area contributed by atoms with Crippen LogP contribution < -0.4 is 4.90 Å². The van der Waals surface area contributed by atoms with E-state index in [0.29, 0.717) is 0 Å². The minimum absolute atomic E-state index is 1.09. The molecule has 0 aliphatic rings. The molecule has 10 aromatic carbocycles. The average Bonchev–Trinajstić information content (AvgIpc) is 3.62. The molecule has 0 fully saturated rings. The van der Waals surface area contributed by atoms with Gasteiger partial charge in [0.25, 0.3) is 0 Å². The second-order valence-electron chi connectivity index (χ2n) is 15.0. The Kier molecular flexibility index (Phi) is 8.19. The zero-order chi connectivity index (χ0) is 38.4. The number of nitrogens with zero attached hydrogens (tertiary/aromatic N) is 2. The van der Waals surface area contributed by atoms with Gasteiger partial charge in [0, 0.05) is 33.5 Å². The molecule has 0 radical (unpaired) electrons. The Morgan fingerprint density at radius 2 is 0.879 bits per heavy atom. The Morgan fingerprint density at radius 1 is 0.293 bits per heavy atom. The van der Waals surface area contributed by atoms with Gasteiger partial charge >= 0.3 is 0 Å². The van der Waals surface area contributed by atoms with E-state index in [1.54, 1.807) is 0 Å². The van der Waals surface area contributed by atoms with Gasteiger partial charge in [-0.3, -0.25) is 0 Å². The van der Waals surface area contributed by atoms with E-state index in [1.807, 2.05) is 0 Å². The summed E-state index contributed by atoms with van der Waals surface area (Å²) < 4.78 is 2.40. The van der Waals surface area contributed by atoms with Crippen molar-refractivity contribution in [3.63, 3.8) is 0 Å². The van der Waals surface area contributed by atoms with Crippen molar-refractivity contribution >= 4 is 60.4 Å². The van der Waals surface area contributed by atoms with Crippen LogP contribution in [0, 0.1) is 0 Å². The Balaban J connectivity index is 1.08. The monoisotopic (exact) mass is 738 g/mol. The molecule has 1 heterocycles. The predicted molar refractivity (Wildman–Crippen MR) is 247 cm³/mol. The molecule has 0 saturated carbocycles. The molecule has 0 spiro atoms. The Bertz CT molecular complexity index is 3250. The lowest BCUT2D eigenvalue weighted by atomic mass is 9.91. The maximum absolute atomic E-state index is 2.40. The van der Waals surface area contributed by atoms with E-state index in [0.717, 1.165) is 22.7 Å². The maximum Gasteiger partial charge on any atom is 0.0547 e. The SMILES string of the molecule is c1ccc(-c2cccc(N(c3ccc(-c4cccc5cccc(-c6ccccc6)c45)cc3)c3ccc4cc5c6ccccc6n(-c6ccccc6)c5cc4c3)c2)cc1. The van der Waals surface area contributed by atoms with Gasteiger partial charge in [0.1, 0.15) is 0 Å². The molecule has 0 bridgehead atoms. The van der Waals surface area contributed by atoms with Gasteiger partial charge in [0.05, 0.1) is 11.0 Å². The zero-order valence-corrected chi connectivity index (χ0v) is 31.8. The van der Waals surface area contributed by atoms with Gasteiger partial charge in [-0.05, 0) is 122 Å². The number of rotatable bonds is 7. The number of hydrogen-bond donors (Lipinski definition) is 0. The Morgan fingerprint density at radius 3 is 1.62 bits per heavy atom. The fourth-order valence-electron chi connectivity index (χ4n) is 8.83. The summed E-state index contributed by atoms with van der Waals surface area (Å²) in [5, 5.41) is 7.42. The van der Waals surface area contributed by atoms with Crippen LogP contribution in [-0.4, -0.2) is 4.57 Å². The highest BCUT2D eigenvalue weighted by Crippen LogP contribution is 2.42. The van der Waals surface area contributed by atoms with E-state index < -0.39 is 0 Å². The first-order valence-corrected chi connectivity index (χ1v) is 19.9. The number of para-hydroxylation sites is 2. The molecular formula is C56H38N2. The number of hydrogen-bond acceptors (Lipinski definition) is 1. The summed E-state index contributed by atoms with van der Waals surface area (Å²) in [4.78, 5) is 2.39. The van der Waals surface area contributed by atoms with Gasteiger partial charge in [0.2, 0.25) is 0 Å². The van der Waals surface area contributed by atoms with Crippen molar-refractivity contribution in [2.45, 2.75) is 0 Å². The van der Waals surface area contributed by atoms with E-state index in [9.17, 15) is 0 Å². The summed E-state index contributed by atoms with van der Waals surface area (Å²) in [5.74, 6) is 0. The van der Waals surface area contributed by atoms with Crippen molar-refractivity contribution in [1.29, 1.82) is 0 Å². The highest BCUT2D eigenvalue weighted by atomic mass is 15.1. The van der Waals surface area contributed by atoms with Gasteiger partial charge in [0.15, 0.2) is 0 Å².